The maximum Gasteiger partial charge on any atom is 0.401 e. The van der Waals surface area contributed by atoms with Crippen LogP contribution in [0.5, 0.6) is 0 Å². The molecule has 4 nitrogen and oxygen atoms in total. The zero-order chi connectivity index (χ0) is 15.0. The van der Waals surface area contributed by atoms with Gasteiger partial charge in [-0.15, -0.1) is 0 Å². The van der Waals surface area contributed by atoms with Gasteiger partial charge in [0.05, 0.1) is 6.54 Å². The number of carboxylic acid groups (broad SMARTS) is 1. The molecule has 2 fully saturated rings. The molecule has 0 aromatic rings. The third-order valence-electron chi connectivity index (χ3n) is 4.46. The van der Waals surface area contributed by atoms with Gasteiger partial charge in [0.15, 0.2) is 0 Å². The second-order valence-corrected chi connectivity index (χ2v) is 5.91. The second kappa shape index (κ2) is 5.52. The lowest BCUT2D eigenvalue weighted by molar-refractivity contribution is -0.158. The highest BCUT2D eigenvalue weighted by Crippen LogP contribution is 2.38. The minimum absolute atomic E-state index is 0.0249. The molecule has 0 saturated heterocycles. The van der Waals surface area contributed by atoms with Crippen molar-refractivity contribution in [2.75, 3.05) is 13.6 Å². The lowest BCUT2D eigenvalue weighted by Crippen LogP contribution is -2.58. The molecule has 0 heterocycles. The molecule has 0 aromatic heterocycles. The number of halogens is 3. The van der Waals surface area contributed by atoms with E-state index in [1.54, 1.807) is 7.05 Å². The summed E-state index contributed by atoms with van der Waals surface area (Å²) in [4.78, 5) is 12.9. The van der Waals surface area contributed by atoms with Gasteiger partial charge < -0.3 is 10.4 Å². The summed E-state index contributed by atoms with van der Waals surface area (Å²) in [5.74, 6) is -0.965. The highest BCUT2D eigenvalue weighted by molar-refractivity contribution is 5.79. The molecule has 0 radical (unpaired) electrons. The average Bonchev–Trinajstić information content (AvgIpc) is 3.19. The molecule has 2 atom stereocenters. The van der Waals surface area contributed by atoms with E-state index in [0.717, 1.165) is 12.8 Å². The minimum Gasteiger partial charge on any atom is -0.480 e. The SMILES string of the molecule is CNC1(C(=O)O)CCCC(N(CC(F)(F)F)C2CC2)C1. The van der Waals surface area contributed by atoms with Gasteiger partial charge in [0.2, 0.25) is 0 Å². The van der Waals surface area contributed by atoms with E-state index in [1.165, 1.54) is 4.90 Å². The van der Waals surface area contributed by atoms with Crippen molar-refractivity contribution < 1.29 is 23.1 Å². The van der Waals surface area contributed by atoms with Crippen molar-refractivity contribution in [3.8, 4) is 0 Å². The lowest BCUT2D eigenvalue weighted by Gasteiger charge is -2.42. The van der Waals surface area contributed by atoms with Crippen LogP contribution in [0.1, 0.15) is 38.5 Å². The first-order valence-electron chi connectivity index (χ1n) is 7.02. The summed E-state index contributed by atoms with van der Waals surface area (Å²) in [6.45, 7) is -0.929. The highest BCUT2D eigenvalue weighted by Gasteiger charge is 2.48. The first-order chi connectivity index (χ1) is 9.27. The summed E-state index contributed by atoms with van der Waals surface area (Å²) in [5.41, 5.74) is -1.08. The Balaban J connectivity index is 2.11. The molecule has 0 aliphatic heterocycles. The molecule has 2 aliphatic carbocycles. The predicted molar refractivity (Wildman–Crippen MR) is 67.5 cm³/mol. The summed E-state index contributed by atoms with van der Waals surface area (Å²) in [6, 6.07) is -0.329. The number of rotatable bonds is 5. The summed E-state index contributed by atoms with van der Waals surface area (Å²) < 4.78 is 38.1. The Kier molecular flexibility index (Phi) is 4.30. The van der Waals surface area contributed by atoms with Crippen molar-refractivity contribution >= 4 is 5.97 Å². The normalized spacial score (nSPS) is 31.6. The van der Waals surface area contributed by atoms with Crippen LogP contribution >= 0.6 is 0 Å². The molecular weight excluding hydrogens is 273 g/mol. The van der Waals surface area contributed by atoms with Crippen LogP contribution in [0, 0.1) is 0 Å². The zero-order valence-corrected chi connectivity index (χ0v) is 11.5. The molecule has 0 amide bonds. The van der Waals surface area contributed by atoms with Crippen LogP contribution in [0.4, 0.5) is 13.2 Å². The quantitative estimate of drug-likeness (QED) is 0.814. The van der Waals surface area contributed by atoms with Gasteiger partial charge in [-0.05, 0) is 45.6 Å². The molecule has 0 aromatic carbocycles. The Morgan fingerprint density at radius 2 is 2.00 bits per heavy atom. The molecule has 2 aliphatic rings. The molecule has 0 bridgehead atoms. The monoisotopic (exact) mass is 294 g/mol. The van der Waals surface area contributed by atoms with Crippen LogP contribution in [-0.4, -0.2) is 53.4 Å². The predicted octanol–water partition coefficient (Wildman–Crippen LogP) is 2.00. The van der Waals surface area contributed by atoms with Crippen molar-refractivity contribution in [2.45, 2.75) is 62.3 Å². The summed E-state index contributed by atoms with van der Waals surface area (Å²) in [5, 5.41) is 12.2. The molecular formula is C13H21F3N2O2. The van der Waals surface area contributed by atoms with Crippen molar-refractivity contribution in [1.82, 2.24) is 10.2 Å². The van der Waals surface area contributed by atoms with Crippen molar-refractivity contribution in [1.29, 1.82) is 0 Å². The van der Waals surface area contributed by atoms with Crippen LogP contribution in [0.3, 0.4) is 0 Å². The number of carboxylic acids is 1. The van der Waals surface area contributed by atoms with E-state index in [1.807, 2.05) is 0 Å². The topological polar surface area (TPSA) is 52.6 Å². The van der Waals surface area contributed by atoms with Crippen LogP contribution in [0.15, 0.2) is 0 Å². The van der Waals surface area contributed by atoms with Gasteiger partial charge in [-0.2, -0.15) is 13.2 Å². The largest absolute Gasteiger partial charge is 0.480 e. The molecule has 7 heteroatoms. The van der Waals surface area contributed by atoms with E-state index in [0.29, 0.717) is 19.3 Å². The first-order valence-corrected chi connectivity index (χ1v) is 7.02. The number of hydrogen-bond donors (Lipinski definition) is 2. The van der Waals surface area contributed by atoms with E-state index in [9.17, 15) is 23.1 Å². The standard InChI is InChI=1S/C13H21F3N2O2/c1-17-12(11(19)20)6-2-3-10(7-12)18(9-4-5-9)8-13(14,15)16/h9-10,17H,2-8H2,1H3,(H,19,20). The van der Waals surface area contributed by atoms with E-state index >= 15 is 0 Å². The zero-order valence-electron chi connectivity index (χ0n) is 11.5. The van der Waals surface area contributed by atoms with Crippen molar-refractivity contribution in [3.63, 3.8) is 0 Å². The van der Waals surface area contributed by atoms with Gasteiger partial charge in [-0.3, -0.25) is 9.69 Å². The van der Waals surface area contributed by atoms with Gasteiger partial charge in [-0.25, -0.2) is 0 Å². The lowest BCUT2D eigenvalue weighted by atomic mass is 9.78. The Labute approximate surface area is 116 Å². The number of likely N-dealkylation sites (N-methyl/N-ethyl adjacent to an activating group) is 1. The van der Waals surface area contributed by atoms with E-state index in [2.05, 4.69) is 5.32 Å². The fourth-order valence-electron chi connectivity index (χ4n) is 3.23. The Morgan fingerprint density at radius 1 is 1.35 bits per heavy atom. The maximum atomic E-state index is 12.7. The molecule has 20 heavy (non-hydrogen) atoms. The van der Waals surface area contributed by atoms with E-state index in [-0.39, 0.29) is 18.5 Å². The third-order valence-corrected chi connectivity index (χ3v) is 4.46. The molecule has 2 rings (SSSR count). The smallest absolute Gasteiger partial charge is 0.401 e. The summed E-state index contributed by atoms with van der Waals surface area (Å²) in [6.07, 6.45) is -0.669. The first kappa shape index (κ1) is 15.6. The average molecular weight is 294 g/mol. The highest BCUT2D eigenvalue weighted by atomic mass is 19.4. The van der Waals surface area contributed by atoms with Gasteiger partial charge in [0.1, 0.15) is 5.54 Å². The summed E-state index contributed by atoms with van der Waals surface area (Å²) >= 11 is 0. The van der Waals surface area contributed by atoms with Crippen molar-refractivity contribution in [3.05, 3.63) is 0 Å². The van der Waals surface area contributed by atoms with Crippen molar-refractivity contribution in [2.24, 2.45) is 0 Å². The molecule has 2 N–H and O–H groups in total. The second-order valence-electron chi connectivity index (χ2n) is 5.91. The van der Waals surface area contributed by atoms with Gasteiger partial charge >= 0.3 is 12.1 Å². The molecule has 2 saturated carbocycles. The number of hydrogen-bond acceptors (Lipinski definition) is 3. The fraction of sp³-hybridized carbons (Fsp3) is 0.923. The number of aliphatic carboxylic acids is 1. The fourth-order valence-corrected chi connectivity index (χ4v) is 3.23. The Hall–Kier alpha value is -0.820. The molecule has 116 valence electrons. The number of nitrogens with zero attached hydrogens (tertiary/aromatic N) is 1. The van der Waals surface area contributed by atoms with Crippen LogP contribution in [0.25, 0.3) is 0 Å². The van der Waals surface area contributed by atoms with Gasteiger partial charge in [-0.1, -0.05) is 0 Å². The Morgan fingerprint density at radius 3 is 2.45 bits per heavy atom. The third kappa shape index (κ3) is 3.44. The number of nitrogens with one attached hydrogen (secondary N) is 1. The van der Waals surface area contributed by atoms with Gasteiger partial charge in [0.25, 0.3) is 0 Å². The number of carbonyl (C=O) groups is 1. The summed E-state index contributed by atoms with van der Waals surface area (Å²) in [7, 11) is 1.57. The Bertz CT molecular complexity index is 371. The maximum absolute atomic E-state index is 12.7. The molecule has 2 unspecified atom stereocenters. The van der Waals surface area contributed by atoms with E-state index in [4.69, 9.17) is 0 Å². The van der Waals surface area contributed by atoms with E-state index < -0.39 is 24.2 Å². The number of alkyl halides is 3. The van der Waals surface area contributed by atoms with Crippen LogP contribution in [0.2, 0.25) is 0 Å². The van der Waals surface area contributed by atoms with Crippen LogP contribution < -0.4 is 5.32 Å². The molecule has 0 spiro atoms. The van der Waals surface area contributed by atoms with Crippen LogP contribution in [-0.2, 0) is 4.79 Å². The van der Waals surface area contributed by atoms with Gasteiger partial charge in [0, 0.05) is 12.1 Å². The minimum atomic E-state index is -4.23.